The number of phenols is 1. The number of benzene rings is 1. The maximum absolute atomic E-state index is 10.1. The van der Waals surface area contributed by atoms with Gasteiger partial charge in [0.15, 0.2) is 0 Å². The lowest BCUT2D eigenvalue weighted by atomic mass is 10.0. The van der Waals surface area contributed by atoms with Gasteiger partial charge in [-0.25, -0.2) is 0 Å². The maximum atomic E-state index is 10.1. The van der Waals surface area contributed by atoms with Gasteiger partial charge in [0.05, 0.1) is 0 Å². The van der Waals surface area contributed by atoms with Crippen LogP contribution >= 0.6 is 0 Å². The molecule has 0 aromatic heterocycles. The monoisotopic (exact) mass is 248 g/mol. The summed E-state index contributed by atoms with van der Waals surface area (Å²) in [7, 11) is 1.90. The van der Waals surface area contributed by atoms with Gasteiger partial charge in [-0.05, 0) is 31.9 Å². The lowest BCUT2D eigenvalue weighted by Gasteiger charge is -2.20. The van der Waals surface area contributed by atoms with Crippen molar-refractivity contribution in [1.82, 2.24) is 5.32 Å². The second-order valence-corrected chi connectivity index (χ2v) is 5.61. The number of aromatic hydroxyl groups is 1. The number of nitrogens with one attached hydrogen (secondary N) is 1. The number of hydrogen-bond acceptors (Lipinski definition) is 3. The largest absolute Gasteiger partial charge is 0.508 e. The van der Waals surface area contributed by atoms with E-state index < -0.39 is 0 Å². The van der Waals surface area contributed by atoms with Gasteiger partial charge in [0, 0.05) is 36.4 Å². The summed E-state index contributed by atoms with van der Waals surface area (Å²) in [5, 5.41) is 13.3. The van der Waals surface area contributed by atoms with Crippen LogP contribution in [0.3, 0.4) is 0 Å². The number of phenolic OH excluding ortho intramolecular Hbond substituents is 1. The molecule has 100 valence electrons. The minimum absolute atomic E-state index is 0.176. The van der Waals surface area contributed by atoms with Gasteiger partial charge in [0.2, 0.25) is 0 Å². The topological polar surface area (TPSA) is 35.5 Å². The van der Waals surface area contributed by atoms with Crippen LogP contribution in [0.15, 0.2) is 18.2 Å². The normalized spacial score (nSPS) is 25.4. The van der Waals surface area contributed by atoms with Crippen molar-refractivity contribution in [3.63, 3.8) is 0 Å². The van der Waals surface area contributed by atoms with Crippen molar-refractivity contribution >= 4 is 5.69 Å². The Morgan fingerprint density at radius 1 is 1.28 bits per heavy atom. The van der Waals surface area contributed by atoms with Crippen LogP contribution in [0.5, 0.6) is 5.75 Å². The molecule has 0 saturated carbocycles. The first-order valence-corrected chi connectivity index (χ1v) is 6.78. The number of hydrogen-bond donors (Lipinski definition) is 2. The molecule has 1 aliphatic heterocycles. The quantitative estimate of drug-likeness (QED) is 0.863. The fourth-order valence-corrected chi connectivity index (χ4v) is 2.59. The summed E-state index contributed by atoms with van der Waals surface area (Å²) in [6, 6.07) is 6.22. The molecule has 0 radical (unpaired) electrons. The fourth-order valence-electron chi connectivity index (χ4n) is 2.59. The van der Waals surface area contributed by atoms with Crippen molar-refractivity contribution in [2.75, 3.05) is 25.0 Å². The van der Waals surface area contributed by atoms with Gasteiger partial charge >= 0.3 is 0 Å². The molecule has 3 nitrogen and oxygen atoms in total. The van der Waals surface area contributed by atoms with Crippen molar-refractivity contribution in [2.24, 2.45) is 11.8 Å². The van der Waals surface area contributed by atoms with Gasteiger partial charge in [-0.2, -0.15) is 0 Å². The van der Waals surface area contributed by atoms with E-state index in [1.165, 1.54) is 0 Å². The van der Waals surface area contributed by atoms with Crippen molar-refractivity contribution in [3.8, 4) is 5.75 Å². The van der Waals surface area contributed by atoms with Crippen LogP contribution in [-0.2, 0) is 0 Å². The van der Waals surface area contributed by atoms with E-state index >= 15 is 0 Å². The Kier molecular flexibility index (Phi) is 3.81. The second-order valence-electron chi connectivity index (χ2n) is 5.61. The van der Waals surface area contributed by atoms with Gasteiger partial charge < -0.3 is 15.3 Å². The van der Waals surface area contributed by atoms with Crippen LogP contribution in [0.4, 0.5) is 5.69 Å². The van der Waals surface area contributed by atoms with E-state index in [1.54, 1.807) is 0 Å². The Labute approximate surface area is 110 Å². The third-order valence-corrected chi connectivity index (χ3v) is 4.27. The van der Waals surface area contributed by atoms with Crippen LogP contribution < -0.4 is 10.2 Å². The number of nitrogens with zero attached hydrogens (tertiary/aromatic N) is 1. The Morgan fingerprint density at radius 3 is 2.39 bits per heavy atom. The molecule has 1 aliphatic rings. The molecule has 3 heteroatoms. The average molecular weight is 248 g/mol. The molecule has 18 heavy (non-hydrogen) atoms. The molecule has 0 bridgehead atoms. The standard InChI is InChI=1S/C15H24N2O/c1-10-8-17(9-11(10)2)13-5-6-14(12(3)16-4)15(18)7-13/h5-7,10-12,16,18H,8-9H2,1-4H3. The molecular weight excluding hydrogens is 224 g/mol. The minimum atomic E-state index is 0.176. The zero-order valence-electron chi connectivity index (χ0n) is 11.8. The predicted octanol–water partition coefficient (Wildman–Crippen LogP) is 2.76. The van der Waals surface area contributed by atoms with E-state index in [1.807, 2.05) is 19.2 Å². The van der Waals surface area contributed by atoms with Crippen LogP contribution in [-0.4, -0.2) is 25.2 Å². The van der Waals surface area contributed by atoms with Gasteiger partial charge in [-0.1, -0.05) is 19.9 Å². The first kappa shape index (κ1) is 13.2. The third-order valence-electron chi connectivity index (χ3n) is 4.27. The molecule has 3 unspecified atom stereocenters. The maximum Gasteiger partial charge on any atom is 0.122 e. The summed E-state index contributed by atoms with van der Waals surface area (Å²) in [5.74, 6) is 1.84. The Balaban J connectivity index is 2.19. The van der Waals surface area contributed by atoms with Gasteiger partial charge in [0.1, 0.15) is 5.75 Å². The number of anilines is 1. The molecule has 2 N–H and O–H groups in total. The fraction of sp³-hybridized carbons (Fsp3) is 0.600. The number of rotatable bonds is 3. The predicted molar refractivity (Wildman–Crippen MR) is 76.1 cm³/mol. The van der Waals surface area contributed by atoms with E-state index in [0.29, 0.717) is 5.75 Å². The zero-order chi connectivity index (χ0) is 13.3. The summed E-state index contributed by atoms with van der Waals surface area (Å²) < 4.78 is 0. The van der Waals surface area contributed by atoms with E-state index in [-0.39, 0.29) is 6.04 Å². The van der Waals surface area contributed by atoms with E-state index in [4.69, 9.17) is 0 Å². The summed E-state index contributed by atoms with van der Waals surface area (Å²) in [6.07, 6.45) is 0. The molecule has 1 saturated heterocycles. The summed E-state index contributed by atoms with van der Waals surface area (Å²) in [5.41, 5.74) is 2.09. The Bertz CT molecular complexity index is 409. The van der Waals surface area contributed by atoms with Crippen molar-refractivity contribution in [2.45, 2.75) is 26.8 Å². The van der Waals surface area contributed by atoms with Crippen LogP contribution in [0.2, 0.25) is 0 Å². The molecule has 0 aliphatic carbocycles. The zero-order valence-corrected chi connectivity index (χ0v) is 11.8. The summed E-state index contributed by atoms with van der Waals surface area (Å²) in [4.78, 5) is 2.36. The molecular formula is C15H24N2O. The van der Waals surface area contributed by atoms with Crippen molar-refractivity contribution < 1.29 is 5.11 Å². The molecule has 1 aromatic rings. The Morgan fingerprint density at radius 2 is 1.89 bits per heavy atom. The average Bonchev–Trinajstić information content (AvgIpc) is 2.68. The molecule has 0 amide bonds. The van der Waals surface area contributed by atoms with Gasteiger partial charge in [-0.15, -0.1) is 0 Å². The first-order valence-electron chi connectivity index (χ1n) is 6.78. The highest BCUT2D eigenvalue weighted by molar-refractivity contribution is 5.54. The van der Waals surface area contributed by atoms with Gasteiger partial charge in [-0.3, -0.25) is 0 Å². The first-order chi connectivity index (χ1) is 8.52. The van der Waals surface area contributed by atoms with Crippen molar-refractivity contribution in [1.29, 1.82) is 0 Å². The van der Waals surface area contributed by atoms with Crippen molar-refractivity contribution in [3.05, 3.63) is 23.8 Å². The Hall–Kier alpha value is -1.22. The smallest absolute Gasteiger partial charge is 0.122 e. The second kappa shape index (κ2) is 5.19. The molecule has 1 aromatic carbocycles. The van der Waals surface area contributed by atoms with E-state index in [9.17, 15) is 5.11 Å². The van der Waals surface area contributed by atoms with Gasteiger partial charge in [0.25, 0.3) is 0 Å². The van der Waals surface area contributed by atoms with E-state index in [0.717, 1.165) is 36.2 Å². The third kappa shape index (κ3) is 2.46. The molecule has 0 spiro atoms. The van der Waals surface area contributed by atoms with Crippen LogP contribution in [0, 0.1) is 11.8 Å². The summed E-state index contributed by atoms with van der Waals surface area (Å²) >= 11 is 0. The molecule has 1 fully saturated rings. The lowest BCUT2D eigenvalue weighted by Crippen LogP contribution is -2.19. The highest BCUT2D eigenvalue weighted by Gasteiger charge is 2.26. The van der Waals surface area contributed by atoms with E-state index in [2.05, 4.69) is 37.1 Å². The molecule has 2 rings (SSSR count). The van der Waals surface area contributed by atoms with Crippen LogP contribution in [0.1, 0.15) is 32.4 Å². The summed E-state index contributed by atoms with van der Waals surface area (Å²) in [6.45, 7) is 8.81. The molecule has 3 atom stereocenters. The van der Waals surface area contributed by atoms with Crippen LogP contribution in [0.25, 0.3) is 0 Å². The SMILES string of the molecule is CNC(C)c1ccc(N2CC(C)C(C)C2)cc1O. The molecule has 1 heterocycles. The highest BCUT2D eigenvalue weighted by Crippen LogP contribution is 2.32. The lowest BCUT2D eigenvalue weighted by molar-refractivity contribution is 0.458. The highest BCUT2D eigenvalue weighted by atomic mass is 16.3. The minimum Gasteiger partial charge on any atom is -0.508 e.